The first-order valence-electron chi connectivity index (χ1n) is 3.71. The molecule has 0 aromatic rings. The molecule has 1 atom stereocenters. The van der Waals surface area contributed by atoms with E-state index < -0.39 is 5.84 Å². The van der Waals surface area contributed by atoms with Crippen molar-refractivity contribution in [2.24, 2.45) is 5.92 Å². The molecule has 4 radical (unpaired) electrons. The minimum absolute atomic E-state index is 0.428. The highest BCUT2D eigenvalue weighted by Gasteiger charge is 2.26. The number of allylic oxidation sites excluding steroid dienone is 2. The summed E-state index contributed by atoms with van der Waals surface area (Å²) in [7, 11) is 11.0. The zero-order valence-electron chi connectivity index (χ0n) is 6.88. The van der Waals surface area contributed by atoms with Crippen molar-refractivity contribution in [3.05, 3.63) is 24.6 Å². The average molecular weight is 143 g/mol. The Morgan fingerprint density at radius 3 is 2.27 bits per heavy atom. The maximum absolute atomic E-state index is 5.52. The normalized spacial score (nSPS) is 25.3. The van der Waals surface area contributed by atoms with Crippen LogP contribution in [0.15, 0.2) is 24.6 Å². The van der Waals surface area contributed by atoms with Crippen LogP contribution in [0.3, 0.4) is 0 Å². The van der Waals surface area contributed by atoms with E-state index in [-0.39, 0.29) is 0 Å². The Labute approximate surface area is 71.0 Å². The Kier molecular flexibility index (Phi) is 2.17. The zero-order valence-corrected chi connectivity index (χ0v) is 6.88. The number of likely N-dealkylation sites (tertiary alicyclic amines) is 1. The Bertz CT molecular complexity index is 198. The molecule has 0 amide bonds. The van der Waals surface area contributed by atoms with Crippen LogP contribution in [0.25, 0.3) is 0 Å². The van der Waals surface area contributed by atoms with Crippen molar-refractivity contribution in [2.75, 3.05) is 0 Å². The van der Waals surface area contributed by atoms with Gasteiger partial charge < -0.3 is 4.90 Å². The van der Waals surface area contributed by atoms with Crippen LogP contribution < -0.4 is 0 Å². The van der Waals surface area contributed by atoms with Crippen molar-refractivity contribution in [1.29, 1.82) is 0 Å². The number of hydrogen-bond acceptors (Lipinski definition) is 1. The average Bonchev–Trinajstić information content (AvgIpc) is 2.07. The second-order valence-electron chi connectivity index (χ2n) is 3.02. The lowest BCUT2D eigenvalue weighted by Crippen LogP contribution is -2.30. The Morgan fingerprint density at radius 1 is 1.55 bits per heavy atom. The minimum Gasteiger partial charge on any atom is -0.364 e. The molecule has 11 heavy (non-hydrogen) atoms. The van der Waals surface area contributed by atoms with E-state index in [2.05, 4.69) is 20.1 Å². The van der Waals surface area contributed by atoms with Crippen molar-refractivity contribution < 1.29 is 0 Å². The highest BCUT2D eigenvalue weighted by Crippen LogP contribution is 2.33. The third-order valence-corrected chi connectivity index (χ3v) is 2.06. The molecule has 1 fully saturated rings. The molecule has 1 heterocycles. The van der Waals surface area contributed by atoms with Crippen LogP contribution in [0.4, 0.5) is 0 Å². The minimum atomic E-state index is -0.486. The monoisotopic (exact) mass is 143 g/mol. The highest BCUT2D eigenvalue weighted by molar-refractivity contribution is 6.35. The van der Waals surface area contributed by atoms with E-state index >= 15 is 0 Å². The molecular weight excluding hydrogens is 132 g/mol. The highest BCUT2D eigenvalue weighted by atomic mass is 15.2. The fraction of sp³-hybridized carbons (Fsp3) is 0.500. The van der Waals surface area contributed by atoms with Crippen molar-refractivity contribution in [3.63, 3.8) is 0 Å². The predicted molar refractivity (Wildman–Crippen MR) is 49.2 cm³/mol. The van der Waals surface area contributed by atoms with Gasteiger partial charge in [-0.2, -0.15) is 0 Å². The van der Waals surface area contributed by atoms with Crippen LogP contribution in [0.1, 0.15) is 13.3 Å². The Hall–Kier alpha value is -0.590. The quantitative estimate of drug-likeness (QED) is 0.494. The van der Waals surface area contributed by atoms with E-state index in [1.165, 1.54) is 0 Å². The standard InChI is InChI=1S/C8H11B2N/c1-5-4-6(2)11(7(5)3)8(9)10/h5,8H,2-4H2,1H3. The Morgan fingerprint density at radius 2 is 2.09 bits per heavy atom. The summed E-state index contributed by atoms with van der Waals surface area (Å²) in [6.07, 6.45) is 0.920. The van der Waals surface area contributed by atoms with Crippen LogP contribution in [-0.2, 0) is 0 Å². The molecule has 3 heteroatoms. The third kappa shape index (κ3) is 1.37. The van der Waals surface area contributed by atoms with Crippen molar-refractivity contribution in [2.45, 2.75) is 19.2 Å². The number of rotatable bonds is 1. The molecule has 1 aliphatic heterocycles. The van der Waals surface area contributed by atoms with Crippen LogP contribution in [0.2, 0.25) is 0 Å². The van der Waals surface area contributed by atoms with Gasteiger partial charge in [0.15, 0.2) is 0 Å². The fourth-order valence-electron chi connectivity index (χ4n) is 1.41. The summed E-state index contributed by atoms with van der Waals surface area (Å²) in [5, 5.41) is 0. The maximum atomic E-state index is 5.52. The smallest absolute Gasteiger partial charge is 0.0861 e. The summed E-state index contributed by atoms with van der Waals surface area (Å²) in [4.78, 5) is 1.80. The summed E-state index contributed by atoms with van der Waals surface area (Å²) in [6.45, 7) is 9.85. The fourth-order valence-corrected chi connectivity index (χ4v) is 1.41. The Balaban J connectivity index is 2.80. The van der Waals surface area contributed by atoms with E-state index in [1.807, 2.05) is 0 Å². The second kappa shape index (κ2) is 2.80. The van der Waals surface area contributed by atoms with Gasteiger partial charge in [-0.15, -0.1) is 0 Å². The molecule has 1 aliphatic rings. The summed E-state index contributed by atoms with van der Waals surface area (Å²) < 4.78 is 0. The van der Waals surface area contributed by atoms with E-state index in [0.717, 1.165) is 17.8 Å². The molecule has 1 unspecified atom stereocenters. The molecule has 1 saturated heterocycles. The first kappa shape index (κ1) is 8.51. The topological polar surface area (TPSA) is 3.24 Å². The third-order valence-electron chi connectivity index (χ3n) is 2.06. The van der Waals surface area contributed by atoms with E-state index in [9.17, 15) is 0 Å². The van der Waals surface area contributed by atoms with Crippen LogP contribution in [0, 0.1) is 5.92 Å². The van der Waals surface area contributed by atoms with Gasteiger partial charge in [0.25, 0.3) is 0 Å². The molecule has 54 valence electrons. The number of hydrogen-bond donors (Lipinski definition) is 0. The first-order valence-corrected chi connectivity index (χ1v) is 3.71. The van der Waals surface area contributed by atoms with Gasteiger partial charge in [-0.05, 0) is 12.3 Å². The molecule has 0 spiro atoms. The SMILES string of the molecule is [B]C([B])N1C(=C)CC(C)C1=C. The van der Waals surface area contributed by atoms with Gasteiger partial charge >= 0.3 is 0 Å². The molecule has 1 rings (SSSR count). The lowest BCUT2D eigenvalue weighted by atomic mass is 9.77. The molecule has 0 aromatic carbocycles. The van der Waals surface area contributed by atoms with E-state index in [1.54, 1.807) is 4.90 Å². The summed E-state index contributed by atoms with van der Waals surface area (Å²) in [5.74, 6) is -0.0583. The van der Waals surface area contributed by atoms with Gasteiger partial charge in [-0.25, -0.2) is 0 Å². The second-order valence-corrected chi connectivity index (χ2v) is 3.02. The maximum Gasteiger partial charge on any atom is 0.0861 e. The summed E-state index contributed by atoms with van der Waals surface area (Å²) in [6, 6.07) is 0. The van der Waals surface area contributed by atoms with Gasteiger partial charge in [0, 0.05) is 17.3 Å². The molecule has 0 bridgehead atoms. The molecule has 0 saturated carbocycles. The molecule has 0 aromatic heterocycles. The van der Waals surface area contributed by atoms with E-state index in [4.69, 9.17) is 15.7 Å². The van der Waals surface area contributed by atoms with Gasteiger partial charge in [0.2, 0.25) is 0 Å². The van der Waals surface area contributed by atoms with Gasteiger partial charge in [-0.3, -0.25) is 0 Å². The van der Waals surface area contributed by atoms with Crippen LogP contribution in [-0.4, -0.2) is 26.4 Å². The first-order chi connectivity index (χ1) is 5.04. The molecule has 1 nitrogen and oxygen atoms in total. The lowest BCUT2D eigenvalue weighted by molar-refractivity contribution is 0.490. The number of nitrogens with zero attached hydrogens (tertiary/aromatic N) is 1. The van der Waals surface area contributed by atoms with Gasteiger partial charge in [-0.1, -0.05) is 20.1 Å². The van der Waals surface area contributed by atoms with Gasteiger partial charge in [0.05, 0.1) is 15.7 Å². The lowest BCUT2D eigenvalue weighted by Gasteiger charge is -2.26. The zero-order chi connectivity index (χ0) is 8.59. The van der Waals surface area contributed by atoms with Crippen LogP contribution in [0.5, 0.6) is 0 Å². The largest absolute Gasteiger partial charge is 0.364 e. The molecule has 0 N–H and O–H groups in total. The van der Waals surface area contributed by atoms with Gasteiger partial charge in [0.1, 0.15) is 0 Å². The predicted octanol–water partition coefficient (Wildman–Crippen LogP) is 0.976. The van der Waals surface area contributed by atoms with Crippen molar-refractivity contribution in [1.82, 2.24) is 4.90 Å². The van der Waals surface area contributed by atoms with Crippen molar-refractivity contribution in [3.8, 4) is 0 Å². The molecule has 0 aliphatic carbocycles. The van der Waals surface area contributed by atoms with Crippen molar-refractivity contribution >= 4 is 15.7 Å². The van der Waals surface area contributed by atoms with Crippen LogP contribution >= 0.6 is 0 Å². The summed E-state index contributed by atoms with van der Waals surface area (Å²) >= 11 is 0. The molecular formula is C8H11B2N. The van der Waals surface area contributed by atoms with E-state index in [0.29, 0.717) is 5.92 Å². The summed E-state index contributed by atoms with van der Waals surface area (Å²) in [5.41, 5.74) is 1.95.